The van der Waals surface area contributed by atoms with Crippen LogP contribution >= 0.6 is 11.6 Å². The molecule has 1 aromatic heterocycles. The quantitative estimate of drug-likeness (QED) is 0.657. The molecule has 5 nitrogen and oxygen atoms in total. The molecule has 0 atom stereocenters. The molecule has 31 heavy (non-hydrogen) atoms. The van der Waals surface area contributed by atoms with Crippen LogP contribution in [0.25, 0.3) is 0 Å². The average molecular weight is 464 g/mol. The van der Waals surface area contributed by atoms with Crippen molar-refractivity contribution in [1.29, 1.82) is 0 Å². The molecule has 1 aromatic carbocycles. The number of anilines is 1. The van der Waals surface area contributed by atoms with Crippen LogP contribution in [-0.2, 0) is 27.8 Å². The van der Waals surface area contributed by atoms with Crippen LogP contribution in [0.1, 0.15) is 56.2 Å². The first kappa shape index (κ1) is 21.2. The van der Waals surface area contributed by atoms with Crippen LogP contribution in [-0.4, -0.2) is 36.0 Å². The van der Waals surface area contributed by atoms with E-state index in [0.717, 1.165) is 18.5 Å². The van der Waals surface area contributed by atoms with Crippen LogP contribution in [0.5, 0.6) is 0 Å². The third-order valence-electron chi connectivity index (χ3n) is 7.11. The predicted octanol–water partition coefficient (Wildman–Crippen LogP) is 4.74. The van der Waals surface area contributed by atoms with E-state index in [0.29, 0.717) is 17.1 Å². The van der Waals surface area contributed by atoms with Gasteiger partial charge >= 0.3 is 0 Å². The van der Waals surface area contributed by atoms with Gasteiger partial charge in [0.05, 0.1) is 22.7 Å². The number of aromatic nitrogens is 1. The van der Waals surface area contributed by atoms with E-state index in [2.05, 4.69) is 23.7 Å². The molecule has 166 valence electrons. The van der Waals surface area contributed by atoms with Crippen LogP contribution < -0.4 is 4.90 Å². The second-order valence-corrected chi connectivity index (χ2v) is 12.1. The summed E-state index contributed by atoms with van der Waals surface area (Å²) in [5.74, 6) is 0. The van der Waals surface area contributed by atoms with Gasteiger partial charge in [0.25, 0.3) is 0 Å². The van der Waals surface area contributed by atoms with Crippen molar-refractivity contribution in [2.24, 2.45) is 0 Å². The van der Waals surface area contributed by atoms with E-state index in [9.17, 15) is 8.42 Å². The highest BCUT2D eigenvalue weighted by atomic mass is 35.5. The summed E-state index contributed by atoms with van der Waals surface area (Å²) in [6, 6.07) is 7.83. The van der Waals surface area contributed by atoms with E-state index >= 15 is 4.39 Å². The van der Waals surface area contributed by atoms with Crippen LogP contribution in [0.4, 0.5) is 10.1 Å². The molecular weight excluding hydrogens is 437 g/mol. The molecule has 0 unspecified atom stereocenters. The van der Waals surface area contributed by atoms with Gasteiger partial charge < -0.3 is 4.90 Å². The Morgan fingerprint density at radius 3 is 2.52 bits per heavy atom. The highest BCUT2D eigenvalue weighted by molar-refractivity contribution is 7.90. The Hall–Kier alpha value is -1.70. The third kappa shape index (κ3) is 3.55. The van der Waals surface area contributed by atoms with Gasteiger partial charge in [0.1, 0.15) is 5.67 Å². The molecule has 1 saturated heterocycles. The molecule has 5 rings (SSSR count). The van der Waals surface area contributed by atoms with Gasteiger partial charge in [-0.3, -0.25) is 4.98 Å². The van der Waals surface area contributed by atoms with Gasteiger partial charge in [0, 0.05) is 36.4 Å². The third-order valence-corrected chi connectivity index (χ3v) is 9.74. The molecule has 0 bridgehead atoms. The molecule has 0 radical (unpaired) electrons. The summed E-state index contributed by atoms with van der Waals surface area (Å²) in [4.78, 5) is 6.58. The fourth-order valence-electron chi connectivity index (χ4n) is 4.96. The van der Waals surface area contributed by atoms with E-state index in [1.165, 1.54) is 15.4 Å². The minimum absolute atomic E-state index is 0.156. The average Bonchev–Trinajstić information content (AvgIpc) is 3.56. The maximum absolute atomic E-state index is 16.0. The minimum atomic E-state index is -3.26. The lowest BCUT2D eigenvalue weighted by Crippen LogP contribution is -2.44. The van der Waals surface area contributed by atoms with Crippen molar-refractivity contribution in [2.75, 3.05) is 18.0 Å². The van der Waals surface area contributed by atoms with E-state index in [1.54, 1.807) is 12.4 Å². The molecule has 0 N–H and O–H groups in total. The zero-order chi connectivity index (χ0) is 22.0. The summed E-state index contributed by atoms with van der Waals surface area (Å²) in [5, 5.41) is 0.452. The van der Waals surface area contributed by atoms with Gasteiger partial charge in [-0.25, -0.2) is 17.1 Å². The second-order valence-electron chi connectivity index (χ2n) is 9.49. The zero-order valence-electron chi connectivity index (χ0n) is 17.8. The van der Waals surface area contributed by atoms with E-state index in [4.69, 9.17) is 11.6 Å². The van der Waals surface area contributed by atoms with Gasteiger partial charge in [0.2, 0.25) is 10.0 Å². The SMILES string of the molecule is CC1(C)c2cc(Cl)ccc2CN1c1cncc(C2(F)CCN(S(=O)(=O)C3CC3)CC2)c1. The monoisotopic (exact) mass is 463 g/mol. The number of benzene rings is 1. The van der Waals surface area contributed by atoms with E-state index in [1.807, 2.05) is 24.3 Å². The smallest absolute Gasteiger partial charge is 0.216 e. The van der Waals surface area contributed by atoms with Crippen molar-refractivity contribution in [3.8, 4) is 0 Å². The topological polar surface area (TPSA) is 53.5 Å². The Morgan fingerprint density at radius 1 is 1.13 bits per heavy atom. The van der Waals surface area contributed by atoms with Crippen LogP contribution in [0, 0.1) is 0 Å². The number of hydrogen-bond acceptors (Lipinski definition) is 4. The van der Waals surface area contributed by atoms with Gasteiger partial charge in [0.15, 0.2) is 0 Å². The number of fused-ring (bicyclic) bond motifs is 1. The molecule has 0 amide bonds. The molecule has 0 spiro atoms. The molecule has 3 heterocycles. The van der Waals surface area contributed by atoms with Crippen LogP contribution in [0.3, 0.4) is 0 Å². The summed E-state index contributed by atoms with van der Waals surface area (Å²) < 4.78 is 42.4. The number of hydrogen-bond donors (Lipinski definition) is 0. The van der Waals surface area contributed by atoms with Crippen molar-refractivity contribution >= 4 is 27.3 Å². The van der Waals surface area contributed by atoms with Gasteiger partial charge in [-0.05, 0) is 68.9 Å². The van der Waals surface area contributed by atoms with E-state index < -0.39 is 15.7 Å². The molecular formula is C23H27ClFN3O2S. The lowest BCUT2D eigenvalue weighted by atomic mass is 9.87. The van der Waals surface area contributed by atoms with Crippen molar-refractivity contribution in [1.82, 2.24) is 9.29 Å². The molecule has 3 aliphatic rings. The van der Waals surface area contributed by atoms with Crippen LogP contribution in [0.15, 0.2) is 36.7 Å². The van der Waals surface area contributed by atoms with Crippen molar-refractivity contribution in [2.45, 2.75) is 62.5 Å². The second kappa shape index (κ2) is 7.15. The molecule has 2 aliphatic heterocycles. The number of alkyl halides is 1. The first-order chi connectivity index (χ1) is 14.6. The fraction of sp³-hybridized carbons (Fsp3) is 0.522. The largest absolute Gasteiger partial charge is 0.357 e. The maximum Gasteiger partial charge on any atom is 0.216 e. The Morgan fingerprint density at radius 2 is 1.84 bits per heavy atom. The number of halogens is 2. The molecule has 1 saturated carbocycles. The minimum Gasteiger partial charge on any atom is -0.357 e. The lowest BCUT2D eigenvalue weighted by Gasteiger charge is -2.37. The van der Waals surface area contributed by atoms with Crippen molar-refractivity contribution in [3.63, 3.8) is 0 Å². The Kier molecular flexibility index (Phi) is 4.88. The fourth-order valence-corrected chi connectivity index (χ4v) is 6.98. The van der Waals surface area contributed by atoms with Crippen molar-refractivity contribution in [3.05, 3.63) is 58.4 Å². The Labute approximate surface area is 188 Å². The number of pyridine rings is 1. The Balaban J connectivity index is 1.39. The summed E-state index contributed by atoms with van der Waals surface area (Å²) in [6.45, 7) is 5.41. The number of rotatable bonds is 4. The summed E-state index contributed by atoms with van der Waals surface area (Å²) >= 11 is 6.23. The van der Waals surface area contributed by atoms with Gasteiger partial charge in [-0.1, -0.05) is 17.7 Å². The highest BCUT2D eigenvalue weighted by Crippen LogP contribution is 2.45. The van der Waals surface area contributed by atoms with Crippen molar-refractivity contribution < 1.29 is 12.8 Å². The number of piperidine rings is 1. The highest BCUT2D eigenvalue weighted by Gasteiger charge is 2.45. The summed E-state index contributed by atoms with van der Waals surface area (Å²) in [7, 11) is -3.26. The zero-order valence-corrected chi connectivity index (χ0v) is 19.4. The normalized spacial score (nSPS) is 23.0. The number of nitrogens with zero attached hydrogens (tertiary/aromatic N) is 3. The molecule has 2 fully saturated rings. The van der Waals surface area contributed by atoms with Gasteiger partial charge in [-0.15, -0.1) is 0 Å². The van der Waals surface area contributed by atoms with Gasteiger partial charge in [-0.2, -0.15) is 0 Å². The number of sulfonamides is 1. The maximum atomic E-state index is 16.0. The van der Waals surface area contributed by atoms with E-state index in [-0.39, 0.29) is 36.7 Å². The molecule has 1 aliphatic carbocycles. The predicted molar refractivity (Wildman–Crippen MR) is 120 cm³/mol. The van der Waals surface area contributed by atoms with Crippen LogP contribution in [0.2, 0.25) is 5.02 Å². The Bertz CT molecular complexity index is 1130. The molecule has 2 aromatic rings. The first-order valence-corrected chi connectivity index (χ1v) is 12.7. The molecule has 8 heteroatoms. The lowest BCUT2D eigenvalue weighted by molar-refractivity contribution is 0.0866. The standard InChI is InChI=1S/C23H27ClFN3O2S/c1-22(2)21-12-18(24)4-3-16(21)15-28(22)19-11-17(13-26-14-19)23(25)7-9-27(10-8-23)31(29,30)20-5-6-20/h3-4,11-14,20H,5-10,15H2,1-2H3. The summed E-state index contributed by atoms with van der Waals surface area (Å²) in [6.07, 6.45) is 5.12. The summed E-state index contributed by atoms with van der Waals surface area (Å²) in [5.41, 5.74) is 1.88. The first-order valence-electron chi connectivity index (χ1n) is 10.8.